The zero-order valence-corrected chi connectivity index (χ0v) is 25.8. The SMILES string of the molecule is Cc1c[c-]c(-c2ccc3cc(-c4ccccc4)ccc3n2)cc1.[Ir].c1ccc([CH-]Cc2ccc3ccccc3n2)cc1. The van der Waals surface area contributed by atoms with Crippen LogP contribution in [0.1, 0.15) is 16.8 Å². The van der Waals surface area contributed by atoms with E-state index in [0.717, 1.165) is 39.8 Å². The molecule has 0 saturated heterocycles. The van der Waals surface area contributed by atoms with Crippen molar-refractivity contribution in [1.29, 1.82) is 0 Å². The second-order valence-electron chi connectivity index (χ2n) is 10.1. The zero-order chi connectivity index (χ0) is 27.9. The van der Waals surface area contributed by atoms with Crippen molar-refractivity contribution in [3.8, 4) is 22.4 Å². The van der Waals surface area contributed by atoms with E-state index >= 15 is 0 Å². The molecule has 207 valence electrons. The molecule has 0 atom stereocenters. The van der Waals surface area contributed by atoms with E-state index in [1.165, 1.54) is 27.6 Å². The number of benzene rings is 5. The maximum atomic E-state index is 4.78. The number of aromatic nitrogens is 2. The summed E-state index contributed by atoms with van der Waals surface area (Å²) in [5.74, 6) is 0. The van der Waals surface area contributed by atoms with Gasteiger partial charge in [-0.1, -0.05) is 85.8 Å². The molecule has 42 heavy (non-hydrogen) atoms. The Morgan fingerprint density at radius 2 is 1.31 bits per heavy atom. The maximum absolute atomic E-state index is 4.78. The third-order valence-electron chi connectivity index (χ3n) is 7.04. The zero-order valence-electron chi connectivity index (χ0n) is 23.4. The number of pyridine rings is 2. The van der Waals surface area contributed by atoms with Gasteiger partial charge in [0.15, 0.2) is 0 Å². The Morgan fingerprint density at radius 3 is 2.10 bits per heavy atom. The largest absolute Gasteiger partial charge is 0.296 e. The smallest absolute Gasteiger partial charge is 0.0704 e. The number of rotatable bonds is 5. The van der Waals surface area contributed by atoms with Crippen molar-refractivity contribution in [3.05, 3.63) is 175 Å². The third kappa shape index (κ3) is 7.19. The summed E-state index contributed by atoms with van der Waals surface area (Å²) in [6, 6.07) is 53.3. The Kier molecular flexibility index (Phi) is 9.56. The summed E-state index contributed by atoms with van der Waals surface area (Å²) in [4.78, 5) is 9.44. The summed E-state index contributed by atoms with van der Waals surface area (Å²) < 4.78 is 0. The Morgan fingerprint density at radius 1 is 0.595 bits per heavy atom. The molecular weight excluding hydrogens is 689 g/mol. The minimum Gasteiger partial charge on any atom is -0.296 e. The molecule has 0 spiro atoms. The molecule has 3 heteroatoms. The standard InChI is InChI=1S/C22H16N.C17H14N.Ir/c1-16-7-9-18(10-8-16)21-14-12-20-15-19(11-13-22(20)23-21)17-5-3-2-4-6-17;1-2-6-14(7-3-1)10-12-16-13-11-15-8-4-5-9-17(15)18-16;/h2-9,11-15H,1H3;1-11,13H,12H2;/q2*-1;. The molecular formula is C39H30IrN2-2. The summed E-state index contributed by atoms with van der Waals surface area (Å²) in [7, 11) is 0. The van der Waals surface area contributed by atoms with Gasteiger partial charge in [-0.3, -0.25) is 9.97 Å². The van der Waals surface area contributed by atoms with Crippen molar-refractivity contribution in [3.63, 3.8) is 0 Å². The molecule has 0 aliphatic rings. The predicted octanol–water partition coefficient (Wildman–Crippen LogP) is 9.70. The van der Waals surface area contributed by atoms with Crippen LogP contribution < -0.4 is 0 Å². The summed E-state index contributed by atoms with van der Waals surface area (Å²) in [5, 5.41) is 2.35. The van der Waals surface area contributed by atoms with Gasteiger partial charge in [0, 0.05) is 31.2 Å². The molecule has 2 aromatic heterocycles. The van der Waals surface area contributed by atoms with E-state index in [2.05, 4.69) is 140 Å². The van der Waals surface area contributed by atoms with Crippen molar-refractivity contribution in [2.45, 2.75) is 13.3 Å². The number of aryl methyl sites for hydroxylation is 1. The van der Waals surface area contributed by atoms with Crippen molar-refractivity contribution in [1.82, 2.24) is 9.97 Å². The fourth-order valence-electron chi connectivity index (χ4n) is 4.78. The van der Waals surface area contributed by atoms with Gasteiger partial charge in [-0.05, 0) is 52.9 Å². The molecule has 0 amide bonds. The molecule has 0 saturated carbocycles. The van der Waals surface area contributed by atoms with Gasteiger partial charge in [0.1, 0.15) is 0 Å². The molecule has 0 aliphatic heterocycles. The Hall–Kier alpha value is -4.56. The van der Waals surface area contributed by atoms with Crippen LogP contribution >= 0.6 is 0 Å². The first-order valence-corrected chi connectivity index (χ1v) is 13.9. The minimum absolute atomic E-state index is 0. The first kappa shape index (κ1) is 28.9. The van der Waals surface area contributed by atoms with Crippen LogP contribution in [0.15, 0.2) is 146 Å². The minimum atomic E-state index is 0. The topological polar surface area (TPSA) is 25.8 Å². The molecule has 1 radical (unpaired) electrons. The molecule has 0 fully saturated rings. The quantitative estimate of drug-likeness (QED) is 0.166. The Balaban J connectivity index is 0.000000169. The van der Waals surface area contributed by atoms with Crippen LogP contribution in [0, 0.1) is 19.4 Å². The molecule has 0 unspecified atom stereocenters. The van der Waals surface area contributed by atoms with Crippen LogP contribution in [-0.2, 0) is 26.5 Å². The van der Waals surface area contributed by atoms with Crippen molar-refractivity contribution >= 4 is 21.8 Å². The average molecular weight is 719 g/mol. The fourth-order valence-corrected chi connectivity index (χ4v) is 4.78. The summed E-state index contributed by atoms with van der Waals surface area (Å²) in [6.45, 7) is 2.07. The monoisotopic (exact) mass is 719 g/mol. The van der Waals surface area contributed by atoms with E-state index in [4.69, 9.17) is 4.98 Å². The van der Waals surface area contributed by atoms with E-state index < -0.39 is 0 Å². The summed E-state index contributed by atoms with van der Waals surface area (Å²) >= 11 is 0. The second kappa shape index (κ2) is 13.9. The van der Waals surface area contributed by atoms with E-state index in [-0.39, 0.29) is 20.1 Å². The van der Waals surface area contributed by atoms with E-state index in [0.29, 0.717) is 0 Å². The number of nitrogens with zero attached hydrogens (tertiary/aromatic N) is 2. The van der Waals surface area contributed by atoms with Gasteiger partial charge in [-0.25, -0.2) is 0 Å². The predicted molar refractivity (Wildman–Crippen MR) is 171 cm³/mol. The van der Waals surface area contributed by atoms with Crippen LogP contribution in [0.3, 0.4) is 0 Å². The van der Waals surface area contributed by atoms with Crippen molar-refractivity contribution in [2.24, 2.45) is 0 Å². The van der Waals surface area contributed by atoms with Crippen molar-refractivity contribution < 1.29 is 20.1 Å². The Labute approximate surface area is 261 Å². The molecule has 0 aliphatic carbocycles. The van der Waals surface area contributed by atoms with E-state index in [1.807, 2.05) is 30.3 Å². The molecule has 0 N–H and O–H groups in total. The van der Waals surface area contributed by atoms with Gasteiger partial charge in [-0.15, -0.1) is 47.5 Å². The van der Waals surface area contributed by atoms with Crippen LogP contribution in [0.2, 0.25) is 0 Å². The molecule has 7 rings (SSSR count). The van der Waals surface area contributed by atoms with E-state index in [9.17, 15) is 0 Å². The van der Waals surface area contributed by atoms with Crippen LogP contribution in [0.25, 0.3) is 44.2 Å². The summed E-state index contributed by atoms with van der Waals surface area (Å²) in [6.07, 6.45) is 3.08. The van der Waals surface area contributed by atoms with Crippen LogP contribution in [0.5, 0.6) is 0 Å². The first-order chi connectivity index (χ1) is 20.2. The van der Waals surface area contributed by atoms with Gasteiger partial charge < -0.3 is 0 Å². The number of fused-ring (bicyclic) bond motifs is 2. The third-order valence-corrected chi connectivity index (χ3v) is 7.04. The molecule has 7 aromatic rings. The normalized spacial score (nSPS) is 10.4. The number of hydrogen-bond acceptors (Lipinski definition) is 2. The Bertz CT molecular complexity index is 1880. The van der Waals surface area contributed by atoms with Gasteiger partial charge in [0.05, 0.1) is 11.0 Å². The molecule has 5 aromatic carbocycles. The van der Waals surface area contributed by atoms with Crippen molar-refractivity contribution in [2.75, 3.05) is 0 Å². The fraction of sp³-hybridized carbons (Fsp3) is 0.0513. The molecule has 2 heterocycles. The molecule has 0 bridgehead atoms. The van der Waals surface area contributed by atoms with Gasteiger partial charge in [0.2, 0.25) is 0 Å². The summed E-state index contributed by atoms with van der Waals surface area (Å²) in [5.41, 5.74) is 10.1. The maximum Gasteiger partial charge on any atom is 0.0704 e. The first-order valence-electron chi connectivity index (χ1n) is 13.9. The number of hydrogen-bond donors (Lipinski definition) is 0. The van der Waals surface area contributed by atoms with Gasteiger partial charge >= 0.3 is 0 Å². The molecule has 2 nitrogen and oxygen atoms in total. The number of para-hydroxylation sites is 1. The van der Waals surface area contributed by atoms with Gasteiger partial charge in [-0.2, -0.15) is 24.1 Å². The van der Waals surface area contributed by atoms with E-state index in [1.54, 1.807) is 0 Å². The van der Waals surface area contributed by atoms with Crippen LogP contribution in [0.4, 0.5) is 0 Å². The van der Waals surface area contributed by atoms with Gasteiger partial charge in [0.25, 0.3) is 0 Å². The second-order valence-corrected chi connectivity index (χ2v) is 10.1. The average Bonchev–Trinajstić information content (AvgIpc) is 3.05. The van der Waals surface area contributed by atoms with Crippen LogP contribution in [-0.4, -0.2) is 9.97 Å².